The molecule has 112 valence electrons. The SMILES string of the molecule is CCCCCCCCOC(=O)CC(=O)OCC(Cl)Cl. The minimum atomic E-state index is -0.775. The molecule has 0 N–H and O–H groups in total. The minimum absolute atomic E-state index is 0.118. The molecule has 0 aliphatic heterocycles. The van der Waals surface area contributed by atoms with Gasteiger partial charge in [0, 0.05) is 0 Å². The van der Waals surface area contributed by atoms with E-state index in [1.54, 1.807) is 0 Å². The zero-order chi connectivity index (χ0) is 14.5. The van der Waals surface area contributed by atoms with E-state index < -0.39 is 23.2 Å². The quantitative estimate of drug-likeness (QED) is 0.253. The van der Waals surface area contributed by atoms with Crippen molar-refractivity contribution in [2.45, 2.75) is 56.7 Å². The van der Waals surface area contributed by atoms with Crippen molar-refractivity contribution in [1.29, 1.82) is 0 Å². The van der Waals surface area contributed by atoms with Gasteiger partial charge in [0.15, 0.2) is 0 Å². The molecule has 6 heteroatoms. The standard InChI is InChI=1S/C13H22Cl2O4/c1-2-3-4-5-6-7-8-18-12(16)9-13(17)19-10-11(14)15/h11H,2-10H2,1H3. The van der Waals surface area contributed by atoms with Crippen LogP contribution >= 0.6 is 23.2 Å². The molecular formula is C13H22Cl2O4. The third-order valence-electron chi connectivity index (χ3n) is 2.42. The van der Waals surface area contributed by atoms with Crippen LogP contribution in [0.4, 0.5) is 0 Å². The summed E-state index contributed by atoms with van der Waals surface area (Å²) in [6, 6.07) is 0. The number of alkyl halides is 2. The Labute approximate surface area is 124 Å². The van der Waals surface area contributed by atoms with Crippen LogP contribution in [0.3, 0.4) is 0 Å². The van der Waals surface area contributed by atoms with Crippen molar-refractivity contribution >= 4 is 35.1 Å². The molecule has 0 unspecified atom stereocenters. The summed E-state index contributed by atoms with van der Waals surface area (Å²) < 4.78 is 9.56. The van der Waals surface area contributed by atoms with Gasteiger partial charge in [0.1, 0.15) is 17.9 Å². The van der Waals surface area contributed by atoms with E-state index in [4.69, 9.17) is 27.9 Å². The second kappa shape index (κ2) is 12.5. The van der Waals surface area contributed by atoms with E-state index in [0.717, 1.165) is 19.3 Å². The van der Waals surface area contributed by atoms with Crippen molar-refractivity contribution in [1.82, 2.24) is 0 Å². The van der Waals surface area contributed by atoms with Gasteiger partial charge in [-0.1, -0.05) is 39.0 Å². The van der Waals surface area contributed by atoms with Crippen LogP contribution in [0, 0.1) is 0 Å². The molecule has 0 atom stereocenters. The average molecular weight is 313 g/mol. The van der Waals surface area contributed by atoms with Crippen molar-refractivity contribution < 1.29 is 19.1 Å². The summed E-state index contributed by atoms with van der Waals surface area (Å²) in [7, 11) is 0. The molecule has 0 fully saturated rings. The van der Waals surface area contributed by atoms with Crippen LogP contribution in [0.2, 0.25) is 0 Å². The maximum absolute atomic E-state index is 11.2. The highest BCUT2D eigenvalue weighted by atomic mass is 35.5. The Kier molecular flexibility index (Phi) is 12.2. The van der Waals surface area contributed by atoms with Gasteiger partial charge in [-0.05, 0) is 6.42 Å². The highest BCUT2D eigenvalue weighted by Gasteiger charge is 2.13. The number of carbonyl (C=O) groups excluding carboxylic acids is 2. The van der Waals surface area contributed by atoms with Crippen molar-refractivity contribution in [3.05, 3.63) is 0 Å². The molecule has 0 bridgehead atoms. The van der Waals surface area contributed by atoms with Gasteiger partial charge in [0.2, 0.25) is 0 Å². The first-order chi connectivity index (χ1) is 9.06. The lowest BCUT2D eigenvalue weighted by Gasteiger charge is -2.06. The van der Waals surface area contributed by atoms with Gasteiger partial charge in [-0.15, -0.1) is 23.2 Å². The Balaban J connectivity index is 3.41. The lowest BCUT2D eigenvalue weighted by atomic mass is 10.1. The summed E-state index contributed by atoms with van der Waals surface area (Å²) in [4.78, 5) is 21.6. The van der Waals surface area contributed by atoms with Crippen LogP contribution in [-0.4, -0.2) is 30.0 Å². The molecule has 0 spiro atoms. The van der Waals surface area contributed by atoms with Crippen molar-refractivity contribution in [3.63, 3.8) is 0 Å². The van der Waals surface area contributed by atoms with Crippen LogP contribution in [0.5, 0.6) is 0 Å². The lowest BCUT2D eigenvalue weighted by molar-refractivity contribution is -0.154. The monoisotopic (exact) mass is 312 g/mol. The fourth-order valence-electron chi connectivity index (χ4n) is 1.44. The van der Waals surface area contributed by atoms with Crippen molar-refractivity contribution in [2.24, 2.45) is 0 Å². The molecule has 0 aromatic heterocycles. The Morgan fingerprint density at radius 2 is 1.53 bits per heavy atom. The molecule has 0 heterocycles. The Bertz CT molecular complexity index is 257. The summed E-state index contributed by atoms with van der Waals surface area (Å²) in [5.74, 6) is -1.24. The largest absolute Gasteiger partial charge is 0.465 e. The fourth-order valence-corrected chi connectivity index (χ4v) is 1.57. The molecule has 0 aromatic rings. The molecule has 0 saturated carbocycles. The van der Waals surface area contributed by atoms with Gasteiger partial charge in [0.05, 0.1) is 6.61 Å². The van der Waals surface area contributed by atoms with Gasteiger partial charge in [-0.25, -0.2) is 0 Å². The molecule has 0 radical (unpaired) electrons. The highest BCUT2D eigenvalue weighted by molar-refractivity contribution is 6.44. The zero-order valence-electron chi connectivity index (χ0n) is 11.3. The number of hydrogen-bond donors (Lipinski definition) is 0. The van der Waals surface area contributed by atoms with Gasteiger partial charge < -0.3 is 9.47 Å². The van der Waals surface area contributed by atoms with E-state index in [-0.39, 0.29) is 6.61 Å². The van der Waals surface area contributed by atoms with E-state index in [1.165, 1.54) is 19.3 Å². The molecule has 0 aliphatic rings. The lowest BCUT2D eigenvalue weighted by Crippen LogP contribution is -2.16. The molecule has 0 aromatic carbocycles. The van der Waals surface area contributed by atoms with E-state index in [9.17, 15) is 9.59 Å². The summed E-state index contributed by atoms with van der Waals surface area (Å²) >= 11 is 10.8. The smallest absolute Gasteiger partial charge is 0.317 e. The summed E-state index contributed by atoms with van der Waals surface area (Å²) in [6.45, 7) is 2.40. The third-order valence-corrected chi connectivity index (χ3v) is 2.67. The van der Waals surface area contributed by atoms with E-state index in [2.05, 4.69) is 11.7 Å². The average Bonchev–Trinajstić information content (AvgIpc) is 2.35. The normalized spacial score (nSPS) is 10.5. The molecule has 0 saturated heterocycles. The Morgan fingerprint density at radius 1 is 0.947 bits per heavy atom. The van der Waals surface area contributed by atoms with Crippen LogP contribution in [0.15, 0.2) is 0 Å². The highest BCUT2D eigenvalue weighted by Crippen LogP contribution is 2.06. The Hall–Kier alpha value is -0.480. The first-order valence-electron chi connectivity index (χ1n) is 6.65. The molecular weight excluding hydrogens is 291 g/mol. The van der Waals surface area contributed by atoms with Gasteiger partial charge >= 0.3 is 11.9 Å². The number of halogens is 2. The van der Waals surface area contributed by atoms with E-state index >= 15 is 0 Å². The second-order valence-electron chi connectivity index (χ2n) is 4.24. The predicted octanol–water partition coefficient (Wildman–Crippen LogP) is 3.63. The number of esters is 2. The molecule has 4 nitrogen and oxygen atoms in total. The zero-order valence-corrected chi connectivity index (χ0v) is 12.8. The minimum Gasteiger partial charge on any atom is -0.465 e. The first kappa shape index (κ1) is 18.5. The van der Waals surface area contributed by atoms with Gasteiger partial charge in [-0.3, -0.25) is 9.59 Å². The topological polar surface area (TPSA) is 52.6 Å². The Morgan fingerprint density at radius 3 is 2.16 bits per heavy atom. The van der Waals surface area contributed by atoms with E-state index in [0.29, 0.717) is 6.61 Å². The van der Waals surface area contributed by atoms with E-state index in [1.807, 2.05) is 0 Å². The van der Waals surface area contributed by atoms with Crippen molar-refractivity contribution in [2.75, 3.05) is 13.2 Å². The van der Waals surface area contributed by atoms with Crippen LogP contribution < -0.4 is 0 Å². The number of rotatable bonds is 11. The first-order valence-corrected chi connectivity index (χ1v) is 7.53. The number of carbonyl (C=O) groups is 2. The van der Waals surface area contributed by atoms with Crippen LogP contribution in [0.25, 0.3) is 0 Å². The third kappa shape index (κ3) is 13.7. The molecule has 19 heavy (non-hydrogen) atoms. The maximum Gasteiger partial charge on any atom is 0.317 e. The fraction of sp³-hybridized carbons (Fsp3) is 0.846. The van der Waals surface area contributed by atoms with Crippen LogP contribution in [-0.2, 0) is 19.1 Å². The van der Waals surface area contributed by atoms with Crippen molar-refractivity contribution in [3.8, 4) is 0 Å². The molecule has 0 aliphatic carbocycles. The van der Waals surface area contributed by atoms with Gasteiger partial charge in [0.25, 0.3) is 0 Å². The summed E-state index contributed by atoms with van der Waals surface area (Å²) in [5, 5.41) is 0. The second-order valence-corrected chi connectivity index (χ2v) is 5.52. The number of ether oxygens (including phenoxy) is 2. The molecule has 0 amide bonds. The van der Waals surface area contributed by atoms with Crippen LogP contribution in [0.1, 0.15) is 51.9 Å². The molecule has 0 rings (SSSR count). The summed E-state index contributed by atoms with van der Waals surface area (Å²) in [6.07, 6.45) is 6.30. The summed E-state index contributed by atoms with van der Waals surface area (Å²) in [5.41, 5.74) is 0. The maximum atomic E-state index is 11.2. The van der Waals surface area contributed by atoms with Gasteiger partial charge in [-0.2, -0.15) is 0 Å². The number of hydrogen-bond acceptors (Lipinski definition) is 4. The number of unbranched alkanes of at least 4 members (excludes halogenated alkanes) is 5. The predicted molar refractivity (Wildman–Crippen MR) is 75.4 cm³/mol.